The molecule has 1 N–H and O–H groups in total. The van der Waals surface area contributed by atoms with E-state index in [2.05, 4.69) is 5.32 Å². The fourth-order valence-electron chi connectivity index (χ4n) is 1.42. The van der Waals surface area contributed by atoms with Crippen molar-refractivity contribution in [3.8, 4) is 0 Å². The molecule has 0 saturated heterocycles. The van der Waals surface area contributed by atoms with Crippen LogP contribution in [0.4, 0.5) is 5.69 Å². The van der Waals surface area contributed by atoms with Crippen LogP contribution in [0.1, 0.15) is 21.9 Å². The SMILES string of the molecule is Cc1ccc(C(=O)Nc2ccc(C)c(Cl)c2)o1. The maximum atomic E-state index is 11.8. The fourth-order valence-corrected chi connectivity index (χ4v) is 1.60. The van der Waals surface area contributed by atoms with Crippen molar-refractivity contribution in [1.82, 2.24) is 0 Å². The summed E-state index contributed by atoms with van der Waals surface area (Å²) in [4.78, 5) is 11.8. The van der Waals surface area contributed by atoms with E-state index >= 15 is 0 Å². The van der Waals surface area contributed by atoms with E-state index in [0.29, 0.717) is 22.2 Å². The van der Waals surface area contributed by atoms with Crippen LogP contribution in [0.25, 0.3) is 0 Å². The van der Waals surface area contributed by atoms with Gasteiger partial charge in [-0.15, -0.1) is 0 Å². The van der Waals surface area contributed by atoms with Crippen molar-refractivity contribution >= 4 is 23.2 Å². The van der Waals surface area contributed by atoms with E-state index in [1.165, 1.54) is 0 Å². The zero-order valence-electron chi connectivity index (χ0n) is 9.58. The summed E-state index contributed by atoms with van der Waals surface area (Å²) in [6.07, 6.45) is 0. The Bertz CT molecular complexity index is 560. The van der Waals surface area contributed by atoms with Crippen molar-refractivity contribution in [1.29, 1.82) is 0 Å². The van der Waals surface area contributed by atoms with E-state index in [1.54, 1.807) is 31.2 Å². The number of anilines is 1. The number of nitrogens with one attached hydrogen (secondary N) is 1. The van der Waals surface area contributed by atoms with E-state index in [9.17, 15) is 4.79 Å². The average Bonchev–Trinajstić information content (AvgIpc) is 2.70. The predicted molar refractivity (Wildman–Crippen MR) is 67.6 cm³/mol. The minimum atomic E-state index is -0.280. The Morgan fingerprint density at radius 2 is 2.00 bits per heavy atom. The molecule has 1 aromatic carbocycles. The van der Waals surface area contributed by atoms with E-state index in [4.69, 9.17) is 16.0 Å². The van der Waals surface area contributed by atoms with Crippen LogP contribution < -0.4 is 5.32 Å². The Kier molecular flexibility index (Phi) is 3.20. The van der Waals surface area contributed by atoms with Crippen molar-refractivity contribution in [3.05, 3.63) is 52.4 Å². The monoisotopic (exact) mass is 249 g/mol. The van der Waals surface area contributed by atoms with Crippen LogP contribution in [-0.4, -0.2) is 5.91 Å². The second-order valence-corrected chi connectivity index (χ2v) is 4.24. The summed E-state index contributed by atoms with van der Waals surface area (Å²) in [7, 11) is 0. The minimum Gasteiger partial charge on any atom is -0.456 e. The highest BCUT2D eigenvalue weighted by Gasteiger charge is 2.10. The molecule has 4 heteroatoms. The third-order valence-electron chi connectivity index (χ3n) is 2.39. The predicted octanol–water partition coefficient (Wildman–Crippen LogP) is 3.80. The van der Waals surface area contributed by atoms with Gasteiger partial charge in [-0.2, -0.15) is 0 Å². The number of furan rings is 1. The highest BCUT2D eigenvalue weighted by molar-refractivity contribution is 6.31. The zero-order chi connectivity index (χ0) is 12.4. The zero-order valence-corrected chi connectivity index (χ0v) is 10.3. The summed E-state index contributed by atoms with van der Waals surface area (Å²) < 4.78 is 5.23. The molecule has 0 saturated carbocycles. The Labute approximate surface area is 104 Å². The quantitative estimate of drug-likeness (QED) is 0.880. The topological polar surface area (TPSA) is 42.2 Å². The molecule has 88 valence electrons. The smallest absolute Gasteiger partial charge is 0.291 e. The van der Waals surface area contributed by atoms with Gasteiger partial charge in [0.15, 0.2) is 5.76 Å². The molecule has 0 aliphatic heterocycles. The van der Waals surface area contributed by atoms with Gasteiger partial charge in [0.1, 0.15) is 5.76 Å². The van der Waals surface area contributed by atoms with Crippen molar-refractivity contribution < 1.29 is 9.21 Å². The third-order valence-corrected chi connectivity index (χ3v) is 2.80. The molecule has 1 amide bonds. The number of carbonyl (C=O) groups is 1. The molecule has 0 aliphatic carbocycles. The summed E-state index contributed by atoms with van der Waals surface area (Å²) >= 11 is 5.97. The second-order valence-electron chi connectivity index (χ2n) is 3.83. The Morgan fingerprint density at radius 1 is 1.24 bits per heavy atom. The molecule has 17 heavy (non-hydrogen) atoms. The lowest BCUT2D eigenvalue weighted by molar-refractivity contribution is 0.0995. The first-order valence-electron chi connectivity index (χ1n) is 5.20. The Morgan fingerprint density at radius 3 is 2.59 bits per heavy atom. The molecular weight excluding hydrogens is 238 g/mol. The number of halogens is 1. The van der Waals surface area contributed by atoms with Gasteiger partial charge in [-0.05, 0) is 43.7 Å². The molecule has 0 aliphatic rings. The first kappa shape index (κ1) is 11.7. The second kappa shape index (κ2) is 4.63. The Balaban J connectivity index is 2.15. The molecule has 0 spiro atoms. The van der Waals surface area contributed by atoms with Crippen molar-refractivity contribution in [2.24, 2.45) is 0 Å². The van der Waals surface area contributed by atoms with E-state index in [-0.39, 0.29) is 5.91 Å². The van der Waals surface area contributed by atoms with Gasteiger partial charge in [-0.1, -0.05) is 17.7 Å². The molecule has 0 bridgehead atoms. The number of hydrogen-bond acceptors (Lipinski definition) is 2. The van der Waals surface area contributed by atoms with Gasteiger partial charge in [-0.3, -0.25) is 4.79 Å². The third kappa shape index (κ3) is 2.68. The lowest BCUT2D eigenvalue weighted by Gasteiger charge is -2.05. The fraction of sp³-hybridized carbons (Fsp3) is 0.154. The molecule has 0 radical (unpaired) electrons. The number of benzene rings is 1. The van der Waals surface area contributed by atoms with Crippen LogP contribution in [0.15, 0.2) is 34.7 Å². The van der Waals surface area contributed by atoms with Gasteiger partial charge in [0.2, 0.25) is 0 Å². The van der Waals surface area contributed by atoms with Crippen LogP contribution in [-0.2, 0) is 0 Å². The maximum absolute atomic E-state index is 11.8. The molecule has 0 atom stereocenters. The first-order chi connectivity index (χ1) is 8.06. The number of rotatable bonds is 2. The molecule has 0 fully saturated rings. The normalized spacial score (nSPS) is 10.3. The van der Waals surface area contributed by atoms with E-state index in [1.807, 2.05) is 13.0 Å². The van der Waals surface area contributed by atoms with Crippen LogP contribution in [0.5, 0.6) is 0 Å². The average molecular weight is 250 g/mol. The van der Waals surface area contributed by atoms with Crippen LogP contribution >= 0.6 is 11.6 Å². The summed E-state index contributed by atoms with van der Waals surface area (Å²) in [6.45, 7) is 3.70. The summed E-state index contributed by atoms with van der Waals surface area (Å²) in [5.41, 5.74) is 1.62. The minimum absolute atomic E-state index is 0.280. The summed E-state index contributed by atoms with van der Waals surface area (Å²) in [5, 5.41) is 3.35. The highest BCUT2D eigenvalue weighted by Crippen LogP contribution is 2.20. The van der Waals surface area contributed by atoms with Crippen LogP contribution in [0.3, 0.4) is 0 Å². The highest BCUT2D eigenvalue weighted by atomic mass is 35.5. The lowest BCUT2D eigenvalue weighted by Crippen LogP contribution is -2.10. The van der Waals surface area contributed by atoms with E-state index < -0.39 is 0 Å². The van der Waals surface area contributed by atoms with Gasteiger partial charge in [-0.25, -0.2) is 0 Å². The van der Waals surface area contributed by atoms with Crippen LogP contribution in [0, 0.1) is 13.8 Å². The molecule has 1 heterocycles. The number of hydrogen-bond donors (Lipinski definition) is 1. The van der Waals surface area contributed by atoms with E-state index in [0.717, 1.165) is 5.56 Å². The van der Waals surface area contributed by atoms with Gasteiger partial charge in [0.25, 0.3) is 5.91 Å². The molecule has 2 rings (SSSR count). The molecule has 1 aromatic heterocycles. The van der Waals surface area contributed by atoms with Gasteiger partial charge < -0.3 is 9.73 Å². The number of amides is 1. The van der Waals surface area contributed by atoms with Crippen molar-refractivity contribution in [3.63, 3.8) is 0 Å². The van der Waals surface area contributed by atoms with Crippen molar-refractivity contribution in [2.75, 3.05) is 5.32 Å². The summed E-state index contributed by atoms with van der Waals surface area (Å²) in [5.74, 6) is 0.717. The van der Waals surface area contributed by atoms with Gasteiger partial charge in [0, 0.05) is 10.7 Å². The van der Waals surface area contributed by atoms with Gasteiger partial charge >= 0.3 is 0 Å². The van der Waals surface area contributed by atoms with Crippen LogP contribution in [0.2, 0.25) is 5.02 Å². The Hall–Kier alpha value is -1.74. The lowest BCUT2D eigenvalue weighted by atomic mass is 10.2. The molecular formula is C13H12ClNO2. The largest absolute Gasteiger partial charge is 0.456 e. The first-order valence-corrected chi connectivity index (χ1v) is 5.58. The molecule has 0 unspecified atom stereocenters. The number of carbonyl (C=O) groups excluding carboxylic acids is 1. The molecule has 2 aromatic rings. The summed E-state index contributed by atoms with van der Waals surface area (Å²) in [6, 6.07) is 8.75. The standard InChI is InChI=1S/C13H12ClNO2/c1-8-3-5-10(7-11(8)14)15-13(16)12-6-4-9(2)17-12/h3-7H,1-2H3,(H,15,16). The number of aryl methyl sites for hydroxylation is 2. The molecule has 3 nitrogen and oxygen atoms in total. The van der Waals surface area contributed by atoms with Crippen molar-refractivity contribution in [2.45, 2.75) is 13.8 Å². The van der Waals surface area contributed by atoms with Gasteiger partial charge in [0.05, 0.1) is 0 Å². The maximum Gasteiger partial charge on any atom is 0.291 e.